The lowest BCUT2D eigenvalue weighted by molar-refractivity contribution is -0.133. The molecular weight excluding hydrogens is 390 g/mol. The molecular formula is C19H27N7O2S. The summed E-state index contributed by atoms with van der Waals surface area (Å²) in [7, 11) is 0. The van der Waals surface area contributed by atoms with Gasteiger partial charge < -0.3 is 9.80 Å². The molecule has 0 spiro atoms. The van der Waals surface area contributed by atoms with Crippen LogP contribution >= 0.6 is 11.8 Å². The number of likely N-dealkylation sites (tertiary alicyclic amines) is 1. The van der Waals surface area contributed by atoms with Crippen molar-refractivity contribution >= 4 is 29.4 Å². The summed E-state index contributed by atoms with van der Waals surface area (Å²) in [6, 6.07) is 1.95. The molecule has 0 aromatic carbocycles. The molecule has 0 N–H and O–H groups in total. The summed E-state index contributed by atoms with van der Waals surface area (Å²) in [5.74, 6) is 1.17. The molecule has 2 amide bonds. The van der Waals surface area contributed by atoms with Crippen LogP contribution in [-0.2, 0) is 9.59 Å². The molecule has 0 saturated carbocycles. The smallest absolute Gasteiger partial charge is 0.253 e. The second-order valence-corrected chi connectivity index (χ2v) is 8.62. The number of aryl methyl sites for hydroxylation is 2. The molecule has 0 bridgehead atoms. The van der Waals surface area contributed by atoms with Crippen LogP contribution in [0.1, 0.15) is 24.2 Å². The van der Waals surface area contributed by atoms with Crippen molar-refractivity contribution in [2.45, 2.75) is 31.8 Å². The zero-order chi connectivity index (χ0) is 20.4. The molecule has 0 unspecified atom stereocenters. The highest BCUT2D eigenvalue weighted by Gasteiger charge is 2.25. The van der Waals surface area contributed by atoms with Crippen molar-refractivity contribution in [3.05, 3.63) is 17.5 Å². The monoisotopic (exact) mass is 417 g/mol. The van der Waals surface area contributed by atoms with Gasteiger partial charge in [0, 0.05) is 50.7 Å². The van der Waals surface area contributed by atoms with Crippen LogP contribution in [0.25, 0.3) is 5.78 Å². The van der Waals surface area contributed by atoms with Gasteiger partial charge in [-0.1, -0.05) is 11.8 Å². The fraction of sp³-hybridized carbons (Fsp3) is 0.632. The van der Waals surface area contributed by atoms with Gasteiger partial charge in [-0.2, -0.15) is 4.98 Å². The zero-order valence-corrected chi connectivity index (χ0v) is 17.8. The normalized spacial score (nSPS) is 18.0. The number of hydrogen-bond acceptors (Lipinski definition) is 7. The third-order valence-electron chi connectivity index (χ3n) is 5.47. The molecule has 0 aliphatic carbocycles. The first kappa shape index (κ1) is 20.1. The first-order valence-corrected chi connectivity index (χ1v) is 11.1. The third kappa shape index (κ3) is 4.69. The molecule has 2 aliphatic rings. The Labute approximate surface area is 174 Å². The van der Waals surface area contributed by atoms with E-state index in [4.69, 9.17) is 0 Å². The molecule has 4 rings (SSSR count). The Morgan fingerprint density at radius 2 is 1.66 bits per heavy atom. The van der Waals surface area contributed by atoms with E-state index >= 15 is 0 Å². The average Bonchev–Trinajstić information content (AvgIpc) is 3.36. The minimum Gasteiger partial charge on any atom is -0.342 e. The van der Waals surface area contributed by atoms with Gasteiger partial charge in [0.25, 0.3) is 5.78 Å². The van der Waals surface area contributed by atoms with Gasteiger partial charge in [0.05, 0.1) is 12.3 Å². The number of piperazine rings is 1. The summed E-state index contributed by atoms with van der Waals surface area (Å²) in [5.41, 5.74) is 1.87. The highest BCUT2D eigenvalue weighted by atomic mass is 32.2. The minimum atomic E-state index is 0.0836. The third-order valence-corrected chi connectivity index (χ3v) is 6.29. The molecule has 2 saturated heterocycles. The Balaban J connectivity index is 1.25. The van der Waals surface area contributed by atoms with E-state index in [-0.39, 0.29) is 11.8 Å². The number of aromatic nitrogens is 4. The van der Waals surface area contributed by atoms with Crippen molar-refractivity contribution < 1.29 is 9.59 Å². The molecule has 2 fully saturated rings. The standard InChI is InChI=1S/C19H27N7O2S/c1-14-11-15(2)26-18(20-14)21-19(22-26)29-13-17(28)25-9-7-23(8-10-25)12-16(27)24-5-3-4-6-24/h11H,3-10,12-13H2,1-2H3. The number of amides is 2. The van der Waals surface area contributed by atoms with Crippen LogP contribution in [0.3, 0.4) is 0 Å². The molecule has 10 heteroatoms. The maximum absolute atomic E-state index is 12.6. The fourth-order valence-corrected chi connectivity index (χ4v) is 4.56. The summed E-state index contributed by atoms with van der Waals surface area (Å²) >= 11 is 1.34. The molecule has 4 heterocycles. The molecule has 2 aromatic heterocycles. The molecule has 2 aromatic rings. The Hall–Kier alpha value is -2.20. The molecule has 156 valence electrons. The van der Waals surface area contributed by atoms with Crippen LogP contribution < -0.4 is 0 Å². The fourth-order valence-electron chi connectivity index (χ4n) is 3.84. The lowest BCUT2D eigenvalue weighted by Crippen LogP contribution is -2.51. The number of fused-ring (bicyclic) bond motifs is 1. The van der Waals surface area contributed by atoms with Crippen LogP contribution in [0.15, 0.2) is 11.2 Å². The van der Waals surface area contributed by atoms with E-state index in [0.717, 1.165) is 50.4 Å². The molecule has 9 nitrogen and oxygen atoms in total. The average molecular weight is 418 g/mol. The van der Waals surface area contributed by atoms with Crippen LogP contribution in [0.5, 0.6) is 0 Å². The molecule has 2 aliphatic heterocycles. The predicted octanol–water partition coefficient (Wildman–Crippen LogP) is 0.600. The lowest BCUT2D eigenvalue weighted by Gasteiger charge is -2.35. The number of nitrogens with zero attached hydrogens (tertiary/aromatic N) is 7. The van der Waals surface area contributed by atoms with E-state index in [9.17, 15) is 9.59 Å². The maximum Gasteiger partial charge on any atom is 0.253 e. The predicted molar refractivity (Wildman–Crippen MR) is 110 cm³/mol. The topological polar surface area (TPSA) is 86.9 Å². The highest BCUT2D eigenvalue weighted by Crippen LogP contribution is 2.17. The Bertz CT molecular complexity index is 901. The van der Waals surface area contributed by atoms with Crippen LogP contribution in [0, 0.1) is 13.8 Å². The second kappa shape index (κ2) is 8.66. The first-order valence-electron chi connectivity index (χ1n) is 10.1. The number of thioether (sulfide) groups is 1. The van der Waals surface area contributed by atoms with Gasteiger partial charge in [-0.15, -0.1) is 5.10 Å². The van der Waals surface area contributed by atoms with Gasteiger partial charge in [0.2, 0.25) is 17.0 Å². The molecule has 0 atom stereocenters. The van der Waals surface area contributed by atoms with Crippen molar-refractivity contribution in [1.82, 2.24) is 34.3 Å². The van der Waals surface area contributed by atoms with Crippen molar-refractivity contribution in [3.8, 4) is 0 Å². The highest BCUT2D eigenvalue weighted by molar-refractivity contribution is 7.99. The van der Waals surface area contributed by atoms with Gasteiger partial charge in [0.15, 0.2) is 0 Å². The second-order valence-electron chi connectivity index (χ2n) is 7.68. The van der Waals surface area contributed by atoms with Crippen molar-refractivity contribution in [2.24, 2.45) is 0 Å². The van der Waals surface area contributed by atoms with Crippen LogP contribution in [0.4, 0.5) is 0 Å². The van der Waals surface area contributed by atoms with Gasteiger partial charge in [0.1, 0.15) is 0 Å². The molecule has 29 heavy (non-hydrogen) atoms. The van der Waals surface area contributed by atoms with E-state index < -0.39 is 0 Å². The lowest BCUT2D eigenvalue weighted by atomic mass is 10.3. The van der Waals surface area contributed by atoms with E-state index in [2.05, 4.69) is 20.0 Å². The summed E-state index contributed by atoms with van der Waals surface area (Å²) in [6.07, 6.45) is 2.23. The zero-order valence-electron chi connectivity index (χ0n) is 17.0. The number of hydrogen-bond donors (Lipinski definition) is 0. The summed E-state index contributed by atoms with van der Waals surface area (Å²) in [5, 5.41) is 5.00. The first-order chi connectivity index (χ1) is 14.0. The summed E-state index contributed by atoms with van der Waals surface area (Å²) in [6.45, 7) is 8.93. The Morgan fingerprint density at radius 1 is 0.966 bits per heavy atom. The van der Waals surface area contributed by atoms with E-state index in [1.165, 1.54) is 11.8 Å². The molecule has 0 radical (unpaired) electrons. The largest absolute Gasteiger partial charge is 0.342 e. The Kier molecular flexibility index (Phi) is 6.00. The van der Waals surface area contributed by atoms with Gasteiger partial charge in [-0.25, -0.2) is 9.50 Å². The summed E-state index contributed by atoms with van der Waals surface area (Å²) < 4.78 is 1.70. The van der Waals surface area contributed by atoms with Crippen LogP contribution in [0.2, 0.25) is 0 Å². The van der Waals surface area contributed by atoms with Crippen molar-refractivity contribution in [1.29, 1.82) is 0 Å². The van der Waals surface area contributed by atoms with E-state index in [1.54, 1.807) is 4.52 Å². The SMILES string of the molecule is Cc1cc(C)n2nc(SCC(=O)N3CCN(CC(=O)N4CCCC4)CC3)nc2n1. The van der Waals surface area contributed by atoms with E-state index in [0.29, 0.717) is 36.3 Å². The number of rotatable bonds is 5. The maximum atomic E-state index is 12.6. The quantitative estimate of drug-likeness (QED) is 0.659. The van der Waals surface area contributed by atoms with Crippen molar-refractivity contribution in [3.63, 3.8) is 0 Å². The van der Waals surface area contributed by atoms with Crippen LogP contribution in [-0.4, -0.2) is 97.7 Å². The van der Waals surface area contributed by atoms with E-state index in [1.807, 2.05) is 29.7 Å². The van der Waals surface area contributed by atoms with Crippen molar-refractivity contribution in [2.75, 3.05) is 51.6 Å². The van der Waals surface area contributed by atoms with Gasteiger partial charge >= 0.3 is 0 Å². The number of carbonyl (C=O) groups excluding carboxylic acids is 2. The van der Waals surface area contributed by atoms with Gasteiger partial charge in [-0.05, 0) is 32.8 Å². The summed E-state index contributed by atoms with van der Waals surface area (Å²) in [4.78, 5) is 39.6. The Morgan fingerprint density at radius 3 is 2.38 bits per heavy atom. The van der Waals surface area contributed by atoms with Gasteiger partial charge in [-0.3, -0.25) is 14.5 Å². The minimum absolute atomic E-state index is 0.0836. The number of carbonyl (C=O) groups is 2.